The lowest BCUT2D eigenvalue weighted by Crippen LogP contribution is -2.05. The zero-order chi connectivity index (χ0) is 9.42. The van der Waals surface area contributed by atoms with E-state index in [1.165, 1.54) is 0 Å². The van der Waals surface area contributed by atoms with Gasteiger partial charge < -0.3 is 4.98 Å². The van der Waals surface area contributed by atoms with Gasteiger partial charge in [0.05, 0.1) is 0 Å². The Labute approximate surface area is 84.1 Å². The number of pyridine rings is 1. The van der Waals surface area contributed by atoms with E-state index in [9.17, 15) is 4.79 Å². The Balaban J connectivity index is 2.89. The highest BCUT2D eigenvalue weighted by Crippen LogP contribution is 2.18. The molecule has 2 nitrogen and oxygen atoms in total. The lowest BCUT2D eigenvalue weighted by molar-refractivity contribution is 1.31. The summed E-state index contributed by atoms with van der Waals surface area (Å²) in [5.41, 5.74) is 0.454. The Morgan fingerprint density at radius 3 is 2.69 bits per heavy atom. The zero-order valence-corrected chi connectivity index (χ0v) is 7.99. The van der Waals surface area contributed by atoms with Crippen molar-refractivity contribution in [3.63, 3.8) is 0 Å². The first-order chi connectivity index (χ1) is 6.16. The third kappa shape index (κ3) is 1.55. The number of aromatic amines is 1. The van der Waals surface area contributed by atoms with Gasteiger partial charge >= 0.3 is 0 Å². The number of H-pyrrole nitrogens is 1. The molecule has 1 N–H and O–H groups in total. The van der Waals surface area contributed by atoms with Crippen molar-refractivity contribution in [1.29, 1.82) is 0 Å². The number of rotatable bonds is 0. The van der Waals surface area contributed by atoms with E-state index in [2.05, 4.69) is 4.98 Å². The van der Waals surface area contributed by atoms with Crippen molar-refractivity contribution in [3.05, 3.63) is 44.7 Å². The summed E-state index contributed by atoms with van der Waals surface area (Å²) in [7, 11) is 0. The minimum absolute atomic E-state index is 0.176. The van der Waals surface area contributed by atoms with E-state index in [4.69, 9.17) is 23.2 Å². The molecule has 1 aromatic carbocycles. The van der Waals surface area contributed by atoms with Crippen LogP contribution in [-0.4, -0.2) is 4.98 Å². The molecule has 0 amide bonds. The standard InChI is InChI=1S/C9H5Cl2NO/c10-6-1-2-8-5(3-6)4-7(11)9(13)12-8/h1-4H,(H,12,13). The predicted octanol–water partition coefficient (Wildman–Crippen LogP) is 2.83. The third-order valence-electron chi connectivity index (χ3n) is 1.76. The SMILES string of the molecule is O=c1[nH]c2ccc(Cl)cc2cc1Cl. The van der Waals surface area contributed by atoms with Crippen LogP contribution in [0.1, 0.15) is 0 Å². The molecular formula is C9H5Cl2NO. The summed E-state index contributed by atoms with van der Waals surface area (Å²) in [6, 6.07) is 6.81. The van der Waals surface area contributed by atoms with Crippen molar-refractivity contribution in [3.8, 4) is 0 Å². The van der Waals surface area contributed by atoms with Gasteiger partial charge in [0.1, 0.15) is 5.02 Å². The van der Waals surface area contributed by atoms with E-state index >= 15 is 0 Å². The first kappa shape index (κ1) is 8.60. The van der Waals surface area contributed by atoms with Crippen LogP contribution in [0.2, 0.25) is 10.0 Å². The second-order valence-electron chi connectivity index (χ2n) is 2.68. The van der Waals surface area contributed by atoms with Crippen LogP contribution in [0.25, 0.3) is 10.9 Å². The summed E-state index contributed by atoms with van der Waals surface area (Å²) in [6.07, 6.45) is 0. The van der Waals surface area contributed by atoms with E-state index in [0.29, 0.717) is 5.02 Å². The van der Waals surface area contributed by atoms with Crippen LogP contribution < -0.4 is 5.56 Å². The summed E-state index contributed by atoms with van der Waals surface area (Å²) >= 11 is 11.4. The molecule has 0 aliphatic rings. The third-order valence-corrected chi connectivity index (χ3v) is 2.28. The molecule has 66 valence electrons. The van der Waals surface area contributed by atoms with E-state index in [-0.39, 0.29) is 10.6 Å². The summed E-state index contributed by atoms with van der Waals surface area (Å²) in [5, 5.41) is 1.63. The summed E-state index contributed by atoms with van der Waals surface area (Å²) in [6.45, 7) is 0. The van der Waals surface area contributed by atoms with Crippen molar-refractivity contribution in [1.82, 2.24) is 4.98 Å². The second kappa shape index (κ2) is 3.05. The maximum Gasteiger partial charge on any atom is 0.267 e. The highest BCUT2D eigenvalue weighted by atomic mass is 35.5. The Kier molecular flexibility index (Phi) is 2.02. The largest absolute Gasteiger partial charge is 0.321 e. The topological polar surface area (TPSA) is 32.9 Å². The number of fused-ring (bicyclic) bond motifs is 1. The maximum absolute atomic E-state index is 11.1. The second-order valence-corrected chi connectivity index (χ2v) is 3.52. The monoisotopic (exact) mass is 213 g/mol. The predicted molar refractivity (Wildman–Crippen MR) is 54.6 cm³/mol. The first-order valence-corrected chi connectivity index (χ1v) is 4.40. The van der Waals surface area contributed by atoms with Gasteiger partial charge in [-0.25, -0.2) is 0 Å². The van der Waals surface area contributed by atoms with Crippen LogP contribution in [-0.2, 0) is 0 Å². The molecule has 0 spiro atoms. The van der Waals surface area contributed by atoms with Gasteiger partial charge in [-0.3, -0.25) is 4.79 Å². The van der Waals surface area contributed by atoms with Crippen molar-refractivity contribution in [2.45, 2.75) is 0 Å². The normalized spacial score (nSPS) is 10.6. The average molecular weight is 214 g/mol. The van der Waals surface area contributed by atoms with Gasteiger partial charge in [-0.1, -0.05) is 23.2 Å². The van der Waals surface area contributed by atoms with Gasteiger partial charge in [-0.2, -0.15) is 0 Å². The van der Waals surface area contributed by atoms with E-state index < -0.39 is 0 Å². The molecule has 13 heavy (non-hydrogen) atoms. The number of nitrogens with one attached hydrogen (secondary N) is 1. The Morgan fingerprint density at radius 2 is 1.92 bits per heavy atom. The molecule has 0 radical (unpaired) electrons. The van der Waals surface area contributed by atoms with Crippen LogP contribution in [0, 0.1) is 0 Å². The van der Waals surface area contributed by atoms with Crippen molar-refractivity contribution < 1.29 is 0 Å². The van der Waals surface area contributed by atoms with Crippen molar-refractivity contribution >= 4 is 34.1 Å². The molecule has 1 aromatic heterocycles. The van der Waals surface area contributed by atoms with Gasteiger partial charge in [-0.05, 0) is 24.3 Å². The fourth-order valence-electron chi connectivity index (χ4n) is 1.15. The molecule has 0 fully saturated rings. The van der Waals surface area contributed by atoms with Crippen molar-refractivity contribution in [2.75, 3.05) is 0 Å². The molecule has 0 aliphatic carbocycles. The number of halogens is 2. The molecule has 2 rings (SSSR count). The molecule has 0 aliphatic heterocycles. The maximum atomic E-state index is 11.1. The molecule has 0 bridgehead atoms. The molecule has 0 atom stereocenters. The smallest absolute Gasteiger partial charge is 0.267 e. The van der Waals surface area contributed by atoms with Gasteiger partial charge in [0.2, 0.25) is 0 Å². The van der Waals surface area contributed by atoms with E-state index in [1.807, 2.05) is 0 Å². The zero-order valence-electron chi connectivity index (χ0n) is 6.47. The van der Waals surface area contributed by atoms with Crippen LogP contribution in [0.5, 0.6) is 0 Å². The lowest BCUT2D eigenvalue weighted by Gasteiger charge is -1.98. The lowest BCUT2D eigenvalue weighted by atomic mass is 10.2. The number of benzene rings is 1. The highest BCUT2D eigenvalue weighted by molar-refractivity contribution is 6.32. The van der Waals surface area contributed by atoms with Gasteiger partial charge in [-0.15, -0.1) is 0 Å². The van der Waals surface area contributed by atoms with Gasteiger partial charge in [0, 0.05) is 15.9 Å². The molecule has 2 aromatic rings. The average Bonchev–Trinajstić information content (AvgIpc) is 2.08. The number of hydrogen-bond donors (Lipinski definition) is 1. The Bertz CT molecular complexity index is 518. The molecule has 0 unspecified atom stereocenters. The Morgan fingerprint density at radius 1 is 1.15 bits per heavy atom. The quantitative estimate of drug-likeness (QED) is 0.718. The molecule has 4 heteroatoms. The van der Waals surface area contributed by atoms with Crippen LogP contribution in [0.15, 0.2) is 29.1 Å². The van der Waals surface area contributed by atoms with E-state index in [0.717, 1.165) is 10.9 Å². The van der Waals surface area contributed by atoms with Crippen LogP contribution in [0.4, 0.5) is 0 Å². The fourth-order valence-corrected chi connectivity index (χ4v) is 1.50. The molecule has 1 heterocycles. The molecule has 0 saturated carbocycles. The number of hydrogen-bond acceptors (Lipinski definition) is 1. The van der Waals surface area contributed by atoms with Crippen LogP contribution in [0.3, 0.4) is 0 Å². The highest BCUT2D eigenvalue weighted by Gasteiger charge is 1.99. The van der Waals surface area contributed by atoms with Crippen molar-refractivity contribution in [2.24, 2.45) is 0 Å². The minimum atomic E-state index is -0.281. The fraction of sp³-hybridized carbons (Fsp3) is 0. The first-order valence-electron chi connectivity index (χ1n) is 3.65. The summed E-state index contributed by atoms with van der Waals surface area (Å²) in [5.74, 6) is 0. The Hall–Kier alpha value is -0.990. The van der Waals surface area contributed by atoms with E-state index in [1.54, 1.807) is 24.3 Å². The molecular weight excluding hydrogens is 209 g/mol. The summed E-state index contributed by atoms with van der Waals surface area (Å²) in [4.78, 5) is 13.7. The number of aromatic nitrogens is 1. The van der Waals surface area contributed by atoms with Crippen LogP contribution >= 0.6 is 23.2 Å². The minimum Gasteiger partial charge on any atom is -0.321 e. The van der Waals surface area contributed by atoms with Gasteiger partial charge in [0.15, 0.2) is 0 Å². The molecule has 0 saturated heterocycles. The summed E-state index contributed by atoms with van der Waals surface area (Å²) < 4.78 is 0. The van der Waals surface area contributed by atoms with Gasteiger partial charge in [0.25, 0.3) is 5.56 Å².